The fourth-order valence-electron chi connectivity index (χ4n) is 4.74. The summed E-state index contributed by atoms with van der Waals surface area (Å²) in [5, 5.41) is 0. The molecule has 0 N–H and O–H groups in total. The molecule has 0 aliphatic carbocycles. The summed E-state index contributed by atoms with van der Waals surface area (Å²) < 4.78 is 45.8. The maximum absolute atomic E-state index is 12.8. The number of rotatable bonds is 25. The zero-order valence-corrected chi connectivity index (χ0v) is 29.8. The van der Waals surface area contributed by atoms with E-state index < -0.39 is 32.5 Å². The molecule has 0 spiro atoms. The molecule has 0 saturated heterocycles. The molecule has 238 valence electrons. The van der Waals surface area contributed by atoms with E-state index in [2.05, 4.69) is 13.8 Å². The molecule has 0 atom stereocenters. The van der Waals surface area contributed by atoms with Gasteiger partial charge in [0.25, 0.3) is 0 Å². The minimum atomic E-state index is -5.04. The van der Waals surface area contributed by atoms with Crippen LogP contribution in [-0.4, -0.2) is 24.9 Å². The Kier molecular flexibility index (Phi) is 26.0. The van der Waals surface area contributed by atoms with E-state index >= 15 is 0 Å². The number of esters is 2. The van der Waals surface area contributed by atoms with E-state index in [-0.39, 0.29) is 35.1 Å². The Hall–Kier alpha value is -1.45. The Morgan fingerprint density at radius 2 is 1.05 bits per heavy atom. The zero-order chi connectivity index (χ0) is 30.9. The van der Waals surface area contributed by atoms with Crippen LogP contribution in [0.3, 0.4) is 0 Å². The first kappa shape index (κ1) is 41.5. The molecule has 0 aliphatic heterocycles. The molecule has 0 unspecified atom stereocenters. The molecule has 0 bridgehead atoms. The van der Waals surface area contributed by atoms with E-state index in [9.17, 15) is 22.6 Å². The van der Waals surface area contributed by atoms with Crippen molar-refractivity contribution in [2.24, 2.45) is 0 Å². The number of unbranched alkanes of at least 4 members (excludes halogenated alkanes) is 18. The third-order valence-electron chi connectivity index (χ3n) is 7.21. The fourth-order valence-corrected chi connectivity index (χ4v) is 5.43. The van der Waals surface area contributed by atoms with Crippen LogP contribution in [-0.2, 0) is 19.6 Å². The summed E-state index contributed by atoms with van der Waals surface area (Å²) in [7, 11) is -5.04. The molecule has 1 aromatic rings. The molecule has 7 nitrogen and oxygen atoms in total. The van der Waals surface area contributed by atoms with Gasteiger partial charge in [0.05, 0.1) is 28.5 Å². The minimum Gasteiger partial charge on any atom is -0.744 e. The van der Waals surface area contributed by atoms with Gasteiger partial charge in [0.15, 0.2) is 0 Å². The smallest absolute Gasteiger partial charge is 0.744 e. The van der Waals surface area contributed by atoms with Crippen LogP contribution >= 0.6 is 0 Å². The van der Waals surface area contributed by atoms with Gasteiger partial charge in [-0.1, -0.05) is 123 Å². The first-order valence-electron chi connectivity index (χ1n) is 16.1. The van der Waals surface area contributed by atoms with Crippen molar-refractivity contribution in [1.29, 1.82) is 0 Å². The Bertz CT molecular complexity index is 1050. The van der Waals surface area contributed by atoms with E-state index in [1.807, 2.05) is 0 Å². The summed E-state index contributed by atoms with van der Waals surface area (Å²) in [5.74, 6) is -2.03. The molecular weight excluding hydrogens is 575 g/mol. The second-order valence-electron chi connectivity index (χ2n) is 10.9. The van der Waals surface area contributed by atoms with Crippen LogP contribution in [0.25, 0.3) is 0 Å². The van der Waals surface area contributed by atoms with Gasteiger partial charge in [-0.05, 0) is 50.0 Å². The largest absolute Gasteiger partial charge is 1.00 e. The molecular formula is C34H53NaO7S. The summed E-state index contributed by atoms with van der Waals surface area (Å²) in [6, 6.07) is 3.46. The Morgan fingerprint density at radius 3 is 1.47 bits per heavy atom. The van der Waals surface area contributed by atoms with Gasteiger partial charge in [-0.3, -0.25) is 0 Å². The average Bonchev–Trinajstić information content (AvgIpc) is 2.97. The molecule has 1 aromatic carbocycles. The molecule has 0 aliphatic rings. The van der Waals surface area contributed by atoms with Crippen LogP contribution in [0.5, 0.6) is 0 Å². The number of ether oxygens (including phenoxy) is 2. The summed E-state index contributed by atoms with van der Waals surface area (Å²) in [6.45, 7) is 4.42. The Morgan fingerprint density at radius 1 is 0.651 bits per heavy atom. The van der Waals surface area contributed by atoms with E-state index in [4.69, 9.17) is 9.47 Å². The van der Waals surface area contributed by atoms with Gasteiger partial charge in [0.2, 0.25) is 0 Å². The van der Waals surface area contributed by atoms with Crippen LogP contribution in [0.1, 0.15) is 163 Å². The van der Waals surface area contributed by atoms with Gasteiger partial charge in [-0.2, -0.15) is 0 Å². The number of benzene rings is 1. The molecule has 1 rings (SSSR count). The third kappa shape index (κ3) is 20.3. The second-order valence-corrected chi connectivity index (χ2v) is 12.3. The van der Waals surface area contributed by atoms with Gasteiger partial charge in [0, 0.05) is 0 Å². The first-order valence-corrected chi connectivity index (χ1v) is 17.5. The van der Waals surface area contributed by atoms with Crippen molar-refractivity contribution in [1.82, 2.24) is 0 Å². The average molecular weight is 629 g/mol. The van der Waals surface area contributed by atoms with Crippen LogP contribution in [0.2, 0.25) is 0 Å². The van der Waals surface area contributed by atoms with Crippen molar-refractivity contribution in [2.45, 2.75) is 147 Å². The number of hydrogen-bond acceptors (Lipinski definition) is 7. The molecule has 9 heteroatoms. The normalized spacial score (nSPS) is 11.6. The van der Waals surface area contributed by atoms with Gasteiger partial charge in [-0.25, -0.2) is 18.0 Å². The van der Waals surface area contributed by atoms with Crippen molar-refractivity contribution in [3.05, 3.63) is 54.0 Å². The van der Waals surface area contributed by atoms with Crippen LogP contribution in [0.4, 0.5) is 0 Å². The van der Waals surface area contributed by atoms with E-state index in [1.54, 1.807) is 12.2 Å². The molecule has 0 saturated carbocycles. The predicted molar refractivity (Wildman–Crippen MR) is 167 cm³/mol. The van der Waals surface area contributed by atoms with Crippen molar-refractivity contribution in [3.8, 4) is 0 Å². The molecule has 43 heavy (non-hydrogen) atoms. The zero-order valence-electron chi connectivity index (χ0n) is 26.9. The van der Waals surface area contributed by atoms with E-state index in [1.165, 1.54) is 108 Å². The number of carbonyl (C=O) groups is 2. The van der Waals surface area contributed by atoms with Gasteiger partial charge >= 0.3 is 41.5 Å². The number of carbonyl (C=O) groups excluding carboxylic acids is 2. The molecule has 0 radical (unpaired) electrons. The first-order chi connectivity index (χ1) is 20.3. The molecule has 0 heterocycles. The quantitative estimate of drug-likeness (QED) is 0.0386. The van der Waals surface area contributed by atoms with Crippen LogP contribution in [0, 0.1) is 0 Å². The van der Waals surface area contributed by atoms with Crippen molar-refractivity contribution >= 4 is 22.1 Å². The summed E-state index contributed by atoms with van der Waals surface area (Å²) >= 11 is 0. The topological polar surface area (TPSA) is 110 Å². The van der Waals surface area contributed by atoms with Crippen LogP contribution in [0.15, 0.2) is 47.8 Å². The number of hydrogen-bond donors (Lipinski definition) is 0. The maximum Gasteiger partial charge on any atom is 1.00 e. The fraction of sp³-hybridized carbons (Fsp3) is 0.647. The van der Waals surface area contributed by atoms with Gasteiger partial charge < -0.3 is 14.0 Å². The van der Waals surface area contributed by atoms with Gasteiger partial charge in [0.1, 0.15) is 10.1 Å². The van der Waals surface area contributed by atoms with E-state index in [0.717, 1.165) is 44.6 Å². The Balaban J connectivity index is 0.0000176. The molecule has 0 fully saturated rings. The van der Waals surface area contributed by atoms with Crippen molar-refractivity contribution < 1.29 is 61.6 Å². The third-order valence-corrected chi connectivity index (χ3v) is 8.09. The second kappa shape index (κ2) is 26.9. The Labute approximate surface area is 283 Å². The standard InChI is InChI=1S/C34H54O7S.Na/c1-3-5-7-9-11-13-15-17-19-21-23-28-40-33(35)30-26-25-27-31(42(37,38)39)32(30)34(36)41-29-24-22-20-18-16-14-12-10-8-6-4-2;/h23-29H,3-22H2,1-2H3,(H,37,38,39);/q;+1/p-1/b28-23+,29-24+;. The monoisotopic (exact) mass is 628 g/mol. The minimum absolute atomic E-state index is 0. The SMILES string of the molecule is CCCCCCCCCCC/C=C/OC(=O)c1cccc(S(=O)(=O)[O-])c1C(=O)O/C=C/CCCCCCCCCCC.[Na+]. The van der Waals surface area contributed by atoms with Crippen molar-refractivity contribution in [2.75, 3.05) is 0 Å². The molecule has 0 amide bonds. The maximum atomic E-state index is 12.8. The predicted octanol–water partition coefficient (Wildman–Crippen LogP) is 6.78. The summed E-state index contributed by atoms with van der Waals surface area (Å²) in [6.07, 6.45) is 29.0. The van der Waals surface area contributed by atoms with E-state index in [0.29, 0.717) is 6.42 Å². The summed E-state index contributed by atoms with van der Waals surface area (Å²) in [4.78, 5) is 24.7. The van der Waals surface area contributed by atoms with Crippen molar-refractivity contribution in [3.63, 3.8) is 0 Å². The molecule has 0 aromatic heterocycles. The number of allylic oxidation sites excluding steroid dienone is 2. The van der Waals surface area contributed by atoms with Gasteiger partial charge in [-0.15, -0.1) is 0 Å². The van der Waals surface area contributed by atoms with Crippen LogP contribution < -0.4 is 29.6 Å². The summed E-state index contributed by atoms with van der Waals surface area (Å²) in [5.41, 5.74) is -0.949.